The Labute approximate surface area is 233 Å². The van der Waals surface area contributed by atoms with Gasteiger partial charge in [0.25, 0.3) is 5.56 Å². The lowest BCUT2D eigenvalue weighted by Crippen LogP contribution is -2.22. The molecule has 0 saturated heterocycles. The highest BCUT2D eigenvalue weighted by Gasteiger charge is 2.19. The number of nitrogens with one attached hydrogen (secondary N) is 1. The standard InChI is InChI=1S/C28H20ClN7O3S/c1-40(38,39)34-22-3-2-4-24(13-22)35-17-32-25-27(35)33-26(36(28(25)37)23-11-9-21(29)10-12-23)19-7-5-18(6-8-19)20-14-30-16-31-15-20/h2-17,34H,1H3. The van der Waals surface area contributed by atoms with E-state index >= 15 is 0 Å². The molecule has 6 aromatic rings. The highest BCUT2D eigenvalue weighted by atomic mass is 35.5. The van der Waals surface area contributed by atoms with Gasteiger partial charge in [-0.2, -0.15) is 0 Å². The van der Waals surface area contributed by atoms with E-state index in [0.29, 0.717) is 39.1 Å². The van der Waals surface area contributed by atoms with Gasteiger partial charge in [0, 0.05) is 28.5 Å². The van der Waals surface area contributed by atoms with E-state index in [0.717, 1.165) is 17.4 Å². The van der Waals surface area contributed by atoms with Crippen molar-refractivity contribution in [3.63, 3.8) is 0 Å². The van der Waals surface area contributed by atoms with Crippen molar-refractivity contribution in [1.29, 1.82) is 0 Å². The van der Waals surface area contributed by atoms with Crippen LogP contribution in [0, 0.1) is 0 Å². The zero-order valence-electron chi connectivity index (χ0n) is 20.9. The van der Waals surface area contributed by atoms with Crippen LogP contribution in [0.15, 0.2) is 103 Å². The van der Waals surface area contributed by atoms with Gasteiger partial charge in [0.05, 0.1) is 23.3 Å². The highest BCUT2D eigenvalue weighted by molar-refractivity contribution is 7.92. The average molecular weight is 570 g/mol. The third-order valence-corrected chi connectivity index (χ3v) is 6.98. The predicted molar refractivity (Wildman–Crippen MR) is 154 cm³/mol. The van der Waals surface area contributed by atoms with Crippen molar-refractivity contribution in [2.24, 2.45) is 0 Å². The first-order valence-electron chi connectivity index (χ1n) is 12.0. The Kier molecular flexibility index (Phi) is 6.37. The summed E-state index contributed by atoms with van der Waals surface area (Å²) in [6.07, 6.45) is 7.49. The Morgan fingerprint density at radius 1 is 0.850 bits per heavy atom. The fourth-order valence-electron chi connectivity index (χ4n) is 4.36. The molecule has 0 fully saturated rings. The Morgan fingerprint density at radius 3 is 2.25 bits per heavy atom. The van der Waals surface area contributed by atoms with Crippen molar-refractivity contribution in [2.75, 3.05) is 11.0 Å². The molecular formula is C28H20ClN7O3S. The lowest BCUT2D eigenvalue weighted by Gasteiger charge is -2.14. The molecule has 0 aliphatic carbocycles. The fourth-order valence-corrected chi connectivity index (χ4v) is 5.04. The lowest BCUT2D eigenvalue weighted by molar-refractivity contribution is 0.607. The quantitative estimate of drug-likeness (QED) is 0.308. The van der Waals surface area contributed by atoms with Crippen molar-refractivity contribution in [1.82, 2.24) is 29.1 Å². The maximum Gasteiger partial charge on any atom is 0.286 e. The Morgan fingerprint density at radius 2 is 1.55 bits per heavy atom. The monoisotopic (exact) mass is 569 g/mol. The van der Waals surface area contributed by atoms with Crippen LogP contribution in [0.25, 0.3) is 45.1 Å². The first-order valence-corrected chi connectivity index (χ1v) is 14.2. The first kappa shape index (κ1) is 25.4. The Bertz CT molecular complexity index is 2020. The average Bonchev–Trinajstić information content (AvgIpc) is 3.38. The van der Waals surface area contributed by atoms with E-state index in [1.807, 2.05) is 24.3 Å². The van der Waals surface area contributed by atoms with E-state index < -0.39 is 10.0 Å². The molecule has 3 aromatic carbocycles. The molecule has 0 amide bonds. The summed E-state index contributed by atoms with van der Waals surface area (Å²) in [4.78, 5) is 31.4. The van der Waals surface area contributed by atoms with Gasteiger partial charge in [0.15, 0.2) is 11.2 Å². The van der Waals surface area contributed by atoms with E-state index in [-0.39, 0.29) is 11.1 Å². The van der Waals surface area contributed by atoms with Crippen LogP contribution in [0.2, 0.25) is 5.02 Å². The van der Waals surface area contributed by atoms with Crippen LogP contribution < -0.4 is 10.3 Å². The van der Waals surface area contributed by atoms with Crippen molar-refractivity contribution < 1.29 is 8.42 Å². The minimum atomic E-state index is -3.48. The smallest absolute Gasteiger partial charge is 0.284 e. The van der Waals surface area contributed by atoms with Crippen LogP contribution in [0.3, 0.4) is 0 Å². The molecule has 0 spiro atoms. The van der Waals surface area contributed by atoms with Crippen molar-refractivity contribution in [3.05, 3.63) is 113 Å². The number of nitrogens with zero attached hydrogens (tertiary/aromatic N) is 6. The number of rotatable bonds is 6. The topological polar surface area (TPSA) is 125 Å². The van der Waals surface area contributed by atoms with Gasteiger partial charge >= 0.3 is 0 Å². The molecule has 12 heteroatoms. The van der Waals surface area contributed by atoms with Crippen LogP contribution in [-0.4, -0.2) is 43.7 Å². The number of sulfonamides is 1. The normalized spacial score (nSPS) is 11.6. The number of aromatic nitrogens is 6. The molecule has 0 atom stereocenters. The number of benzene rings is 3. The maximum absolute atomic E-state index is 13.9. The van der Waals surface area contributed by atoms with Crippen LogP contribution in [0.4, 0.5) is 5.69 Å². The van der Waals surface area contributed by atoms with E-state index in [4.69, 9.17) is 16.6 Å². The number of anilines is 1. The van der Waals surface area contributed by atoms with Crippen LogP contribution in [0.1, 0.15) is 0 Å². The summed E-state index contributed by atoms with van der Waals surface area (Å²) in [6.45, 7) is 0. The molecule has 0 saturated carbocycles. The zero-order chi connectivity index (χ0) is 27.9. The molecule has 1 N–H and O–H groups in total. The number of imidazole rings is 1. The summed E-state index contributed by atoms with van der Waals surface area (Å²) < 4.78 is 29.1. The van der Waals surface area contributed by atoms with Crippen molar-refractivity contribution in [2.45, 2.75) is 0 Å². The Hall–Kier alpha value is -4.87. The predicted octanol–water partition coefficient (Wildman–Crippen LogP) is 4.72. The molecule has 198 valence electrons. The molecule has 6 rings (SSSR count). The van der Waals surface area contributed by atoms with Gasteiger partial charge in [-0.15, -0.1) is 0 Å². The second kappa shape index (κ2) is 10.0. The molecule has 0 unspecified atom stereocenters. The van der Waals surface area contributed by atoms with E-state index in [1.54, 1.807) is 65.5 Å². The van der Waals surface area contributed by atoms with E-state index in [2.05, 4.69) is 19.7 Å². The molecule has 0 aliphatic rings. The van der Waals surface area contributed by atoms with Gasteiger partial charge in [0.1, 0.15) is 18.5 Å². The summed E-state index contributed by atoms with van der Waals surface area (Å²) >= 11 is 6.12. The van der Waals surface area contributed by atoms with E-state index in [1.165, 1.54) is 17.2 Å². The summed E-state index contributed by atoms with van der Waals surface area (Å²) in [5, 5.41) is 0.536. The van der Waals surface area contributed by atoms with E-state index in [9.17, 15) is 13.2 Å². The largest absolute Gasteiger partial charge is 0.286 e. The zero-order valence-corrected chi connectivity index (χ0v) is 22.5. The second-order valence-corrected chi connectivity index (χ2v) is 11.2. The maximum atomic E-state index is 13.9. The van der Waals surface area contributed by atoms with Gasteiger partial charge < -0.3 is 0 Å². The fraction of sp³-hybridized carbons (Fsp3) is 0.0357. The molecule has 10 nitrogen and oxygen atoms in total. The van der Waals surface area contributed by atoms with Crippen molar-refractivity contribution in [3.8, 4) is 33.9 Å². The summed E-state index contributed by atoms with van der Waals surface area (Å²) in [7, 11) is -3.48. The molecule has 3 heterocycles. The second-order valence-electron chi connectivity index (χ2n) is 8.97. The molecule has 0 bridgehead atoms. The number of halogens is 1. The number of hydrogen-bond acceptors (Lipinski definition) is 7. The van der Waals surface area contributed by atoms with Gasteiger partial charge in [-0.05, 0) is 48.0 Å². The van der Waals surface area contributed by atoms with Crippen LogP contribution >= 0.6 is 11.6 Å². The minimum absolute atomic E-state index is 0.151. The molecule has 0 radical (unpaired) electrons. The third-order valence-electron chi connectivity index (χ3n) is 6.12. The van der Waals surface area contributed by atoms with Crippen LogP contribution in [0.5, 0.6) is 0 Å². The molecule has 3 aromatic heterocycles. The van der Waals surface area contributed by atoms with Gasteiger partial charge in [-0.1, -0.05) is 41.9 Å². The van der Waals surface area contributed by atoms with Gasteiger partial charge in [0.2, 0.25) is 10.0 Å². The van der Waals surface area contributed by atoms with Crippen LogP contribution in [-0.2, 0) is 10.0 Å². The molecule has 40 heavy (non-hydrogen) atoms. The van der Waals surface area contributed by atoms with Crippen molar-refractivity contribution >= 4 is 38.5 Å². The Balaban J connectivity index is 1.55. The lowest BCUT2D eigenvalue weighted by atomic mass is 10.1. The van der Waals surface area contributed by atoms with Gasteiger partial charge in [-0.3, -0.25) is 18.7 Å². The van der Waals surface area contributed by atoms with Gasteiger partial charge in [-0.25, -0.2) is 28.4 Å². The molecule has 0 aliphatic heterocycles. The summed E-state index contributed by atoms with van der Waals surface area (Å²) in [5.41, 5.74) is 4.09. The number of fused-ring (bicyclic) bond motifs is 1. The first-order chi connectivity index (χ1) is 19.3. The number of hydrogen-bond donors (Lipinski definition) is 1. The summed E-state index contributed by atoms with van der Waals surface area (Å²) in [5.74, 6) is 0.392. The molecular weight excluding hydrogens is 550 g/mol. The highest BCUT2D eigenvalue weighted by Crippen LogP contribution is 2.27. The SMILES string of the molecule is CS(=O)(=O)Nc1cccc(-n2cnc3c(=O)n(-c4ccc(Cl)cc4)c(-c4ccc(-c5cncnc5)cc4)nc32)c1. The summed E-state index contributed by atoms with van der Waals surface area (Å²) in [6, 6.07) is 21.2. The minimum Gasteiger partial charge on any atom is -0.284 e. The third kappa shape index (κ3) is 4.95.